The monoisotopic (exact) mass is 363 g/mol. The molecule has 138 valence electrons. The minimum absolute atomic E-state index is 0.0566. The predicted molar refractivity (Wildman–Crippen MR) is 103 cm³/mol. The van der Waals surface area contributed by atoms with Gasteiger partial charge in [0.15, 0.2) is 11.6 Å². The summed E-state index contributed by atoms with van der Waals surface area (Å²) < 4.78 is 1.81. The van der Waals surface area contributed by atoms with Crippen LogP contribution >= 0.6 is 0 Å². The van der Waals surface area contributed by atoms with Gasteiger partial charge in [0, 0.05) is 51.3 Å². The third-order valence-electron chi connectivity index (χ3n) is 4.72. The van der Waals surface area contributed by atoms with Crippen molar-refractivity contribution in [3.63, 3.8) is 0 Å². The molecular formula is C19H21N7O. The van der Waals surface area contributed by atoms with E-state index in [4.69, 9.17) is 0 Å². The molecule has 1 aliphatic rings. The molecule has 0 aliphatic carbocycles. The van der Waals surface area contributed by atoms with Gasteiger partial charge in [0.05, 0.1) is 5.56 Å². The summed E-state index contributed by atoms with van der Waals surface area (Å²) in [6.07, 6.45) is 5.23. The number of rotatable bonds is 4. The maximum Gasteiger partial charge on any atom is 0.256 e. The van der Waals surface area contributed by atoms with Gasteiger partial charge in [-0.1, -0.05) is 12.1 Å². The van der Waals surface area contributed by atoms with E-state index in [-0.39, 0.29) is 5.91 Å². The highest BCUT2D eigenvalue weighted by Crippen LogP contribution is 2.19. The number of nitrogens with one attached hydrogen (secondary N) is 1. The number of benzene rings is 1. The Hall–Kier alpha value is -3.42. The highest BCUT2D eigenvalue weighted by atomic mass is 16.2. The van der Waals surface area contributed by atoms with Crippen LogP contribution in [-0.2, 0) is 0 Å². The Morgan fingerprint density at radius 2 is 1.74 bits per heavy atom. The number of amides is 1. The second-order valence-corrected chi connectivity index (χ2v) is 6.29. The Bertz CT molecular complexity index is 900. The van der Waals surface area contributed by atoms with E-state index < -0.39 is 0 Å². The fraction of sp³-hybridized carbons (Fsp3) is 0.263. The van der Waals surface area contributed by atoms with Crippen LogP contribution in [0, 0.1) is 0 Å². The van der Waals surface area contributed by atoms with Crippen LogP contribution in [0.5, 0.6) is 0 Å². The summed E-state index contributed by atoms with van der Waals surface area (Å²) >= 11 is 0. The van der Waals surface area contributed by atoms with Crippen molar-refractivity contribution in [3.8, 4) is 5.82 Å². The topological polar surface area (TPSA) is 79.2 Å². The van der Waals surface area contributed by atoms with Crippen molar-refractivity contribution in [2.24, 2.45) is 0 Å². The molecule has 4 rings (SSSR count). The van der Waals surface area contributed by atoms with Crippen LogP contribution in [0.2, 0.25) is 0 Å². The summed E-state index contributed by atoms with van der Waals surface area (Å²) in [7, 11) is 1.83. The summed E-state index contributed by atoms with van der Waals surface area (Å²) in [5.74, 6) is 1.61. The molecular weight excluding hydrogens is 342 g/mol. The van der Waals surface area contributed by atoms with E-state index in [2.05, 4.69) is 25.4 Å². The van der Waals surface area contributed by atoms with Crippen LogP contribution in [0.15, 0.2) is 55.1 Å². The van der Waals surface area contributed by atoms with E-state index in [1.807, 2.05) is 59.1 Å². The largest absolute Gasteiger partial charge is 0.387 e. The molecule has 0 atom stereocenters. The van der Waals surface area contributed by atoms with Crippen molar-refractivity contribution in [2.75, 3.05) is 43.4 Å². The summed E-state index contributed by atoms with van der Waals surface area (Å²) in [6.45, 7) is 2.77. The fourth-order valence-electron chi connectivity index (χ4n) is 3.22. The van der Waals surface area contributed by atoms with Gasteiger partial charge >= 0.3 is 0 Å². The number of piperazine rings is 1. The van der Waals surface area contributed by atoms with Gasteiger partial charge in [-0.15, -0.1) is 10.2 Å². The van der Waals surface area contributed by atoms with Gasteiger partial charge in [0.25, 0.3) is 5.91 Å². The van der Waals surface area contributed by atoms with Crippen LogP contribution in [0.25, 0.3) is 5.82 Å². The smallest absolute Gasteiger partial charge is 0.256 e. The molecule has 1 amide bonds. The van der Waals surface area contributed by atoms with Gasteiger partial charge in [0.2, 0.25) is 0 Å². The second-order valence-electron chi connectivity index (χ2n) is 6.29. The highest BCUT2D eigenvalue weighted by Gasteiger charge is 2.24. The van der Waals surface area contributed by atoms with Gasteiger partial charge in [-0.3, -0.25) is 9.36 Å². The average molecular weight is 363 g/mol. The summed E-state index contributed by atoms with van der Waals surface area (Å²) in [6, 6.07) is 11.5. The minimum Gasteiger partial charge on any atom is -0.387 e. The van der Waals surface area contributed by atoms with Crippen LogP contribution < -0.4 is 10.2 Å². The molecule has 0 spiro atoms. The minimum atomic E-state index is 0.0566. The van der Waals surface area contributed by atoms with E-state index in [0.29, 0.717) is 18.7 Å². The molecule has 2 aromatic heterocycles. The maximum absolute atomic E-state index is 12.8. The number of imidazole rings is 1. The van der Waals surface area contributed by atoms with Crippen molar-refractivity contribution in [2.45, 2.75) is 0 Å². The molecule has 0 saturated carbocycles. The van der Waals surface area contributed by atoms with E-state index in [1.165, 1.54) is 0 Å². The number of carbonyl (C=O) groups excluding carboxylic acids is 1. The Balaban J connectivity index is 1.41. The number of para-hydroxylation sites is 1. The molecule has 3 heterocycles. The van der Waals surface area contributed by atoms with E-state index >= 15 is 0 Å². The first-order valence-corrected chi connectivity index (χ1v) is 8.89. The standard InChI is InChI=1S/C19H21N7O/c1-20-16-5-3-2-4-15(16)19(27)25-12-10-24(11-13-25)17-6-7-18(23-22-17)26-9-8-21-14-26/h2-9,14,20H,10-13H2,1H3. The Labute approximate surface area is 157 Å². The summed E-state index contributed by atoms with van der Waals surface area (Å²) in [4.78, 5) is 20.9. The first-order chi connectivity index (χ1) is 13.3. The zero-order valence-corrected chi connectivity index (χ0v) is 15.1. The number of anilines is 2. The predicted octanol–water partition coefficient (Wildman–Crippen LogP) is 1.67. The molecule has 0 unspecified atom stereocenters. The molecule has 1 aromatic carbocycles. The summed E-state index contributed by atoms with van der Waals surface area (Å²) in [5.41, 5.74) is 1.56. The third-order valence-corrected chi connectivity index (χ3v) is 4.72. The molecule has 27 heavy (non-hydrogen) atoms. The van der Waals surface area contributed by atoms with Crippen LogP contribution in [0.3, 0.4) is 0 Å². The zero-order valence-electron chi connectivity index (χ0n) is 15.1. The fourth-order valence-corrected chi connectivity index (χ4v) is 3.22. The Kier molecular flexibility index (Phi) is 4.69. The van der Waals surface area contributed by atoms with Crippen molar-refractivity contribution in [3.05, 3.63) is 60.7 Å². The number of nitrogens with zero attached hydrogens (tertiary/aromatic N) is 6. The van der Waals surface area contributed by atoms with Crippen molar-refractivity contribution < 1.29 is 4.79 Å². The number of carbonyl (C=O) groups is 1. The van der Waals surface area contributed by atoms with Crippen LogP contribution in [0.4, 0.5) is 11.5 Å². The van der Waals surface area contributed by atoms with Crippen molar-refractivity contribution in [1.82, 2.24) is 24.6 Å². The lowest BCUT2D eigenvalue weighted by atomic mass is 10.1. The van der Waals surface area contributed by atoms with Crippen LogP contribution in [-0.4, -0.2) is 63.8 Å². The summed E-state index contributed by atoms with van der Waals surface area (Å²) in [5, 5.41) is 11.7. The first kappa shape index (κ1) is 17.0. The highest BCUT2D eigenvalue weighted by molar-refractivity contribution is 5.99. The van der Waals surface area contributed by atoms with E-state index in [9.17, 15) is 4.79 Å². The Morgan fingerprint density at radius 3 is 2.41 bits per heavy atom. The molecule has 3 aromatic rings. The molecule has 1 aliphatic heterocycles. The van der Waals surface area contributed by atoms with E-state index in [1.54, 1.807) is 12.5 Å². The van der Waals surface area contributed by atoms with Crippen molar-refractivity contribution >= 4 is 17.4 Å². The van der Waals surface area contributed by atoms with Gasteiger partial charge in [-0.2, -0.15) is 0 Å². The SMILES string of the molecule is CNc1ccccc1C(=O)N1CCN(c2ccc(-n3ccnc3)nn2)CC1. The Morgan fingerprint density at radius 1 is 1.00 bits per heavy atom. The lowest BCUT2D eigenvalue weighted by molar-refractivity contribution is 0.0747. The third kappa shape index (κ3) is 3.46. The normalized spacial score (nSPS) is 14.3. The molecule has 1 fully saturated rings. The first-order valence-electron chi connectivity index (χ1n) is 8.89. The molecule has 1 N–H and O–H groups in total. The molecule has 0 bridgehead atoms. The van der Waals surface area contributed by atoms with Crippen LogP contribution in [0.1, 0.15) is 10.4 Å². The number of hydrogen-bond acceptors (Lipinski definition) is 6. The number of hydrogen-bond donors (Lipinski definition) is 1. The van der Waals surface area contributed by atoms with Gasteiger partial charge in [-0.05, 0) is 24.3 Å². The molecule has 1 saturated heterocycles. The van der Waals surface area contributed by atoms with E-state index in [0.717, 1.165) is 30.4 Å². The second kappa shape index (κ2) is 7.45. The quantitative estimate of drug-likeness (QED) is 0.760. The lowest BCUT2D eigenvalue weighted by Crippen LogP contribution is -2.49. The zero-order chi connectivity index (χ0) is 18.6. The maximum atomic E-state index is 12.8. The molecule has 8 heteroatoms. The van der Waals surface area contributed by atoms with Gasteiger partial charge in [-0.25, -0.2) is 4.98 Å². The average Bonchev–Trinajstić information content (AvgIpc) is 3.28. The number of aromatic nitrogens is 4. The lowest BCUT2D eigenvalue weighted by Gasteiger charge is -2.35. The van der Waals surface area contributed by atoms with Gasteiger partial charge in [0.1, 0.15) is 6.33 Å². The van der Waals surface area contributed by atoms with Gasteiger partial charge < -0.3 is 15.1 Å². The molecule has 8 nitrogen and oxygen atoms in total. The van der Waals surface area contributed by atoms with Crippen molar-refractivity contribution in [1.29, 1.82) is 0 Å². The molecule has 0 radical (unpaired) electrons.